The number of rotatable bonds is 9. The molecule has 0 spiro atoms. The van der Waals surface area contributed by atoms with Crippen LogP contribution < -0.4 is 4.74 Å². The van der Waals surface area contributed by atoms with Crippen LogP contribution in [0.15, 0.2) is 42.5 Å². The molecule has 1 aliphatic heterocycles. The minimum absolute atomic E-state index is 0.217. The van der Waals surface area contributed by atoms with E-state index in [1.54, 1.807) is 26.0 Å². The summed E-state index contributed by atoms with van der Waals surface area (Å²) in [6.45, 7) is 4.78. The normalized spacial score (nSPS) is 24.3. The molecule has 1 saturated heterocycles. The van der Waals surface area contributed by atoms with Crippen molar-refractivity contribution in [1.82, 2.24) is 0 Å². The zero-order valence-corrected chi connectivity index (χ0v) is 20.2. The summed E-state index contributed by atoms with van der Waals surface area (Å²) in [5, 5.41) is 40.8. The largest absolute Gasteiger partial charge is 0.508 e. The molecule has 0 aromatic heterocycles. The van der Waals surface area contributed by atoms with E-state index >= 15 is 0 Å². The topological polar surface area (TPSA) is 135 Å². The third kappa shape index (κ3) is 7.16. The van der Waals surface area contributed by atoms with Gasteiger partial charge in [-0.25, -0.2) is 4.79 Å². The second kappa shape index (κ2) is 12.3. The fourth-order valence-corrected chi connectivity index (χ4v) is 3.72. The van der Waals surface area contributed by atoms with Crippen LogP contribution in [-0.4, -0.2) is 70.0 Å². The first-order valence-corrected chi connectivity index (χ1v) is 11.7. The van der Waals surface area contributed by atoms with Gasteiger partial charge in [-0.05, 0) is 48.6 Å². The molecule has 9 heteroatoms. The van der Waals surface area contributed by atoms with Crippen molar-refractivity contribution < 1.29 is 44.2 Å². The van der Waals surface area contributed by atoms with Gasteiger partial charge >= 0.3 is 6.16 Å². The maximum atomic E-state index is 11.7. The van der Waals surface area contributed by atoms with Crippen molar-refractivity contribution in [3.63, 3.8) is 0 Å². The second-order valence-electron chi connectivity index (χ2n) is 8.81. The van der Waals surface area contributed by atoms with Crippen LogP contribution in [-0.2, 0) is 33.7 Å². The van der Waals surface area contributed by atoms with E-state index in [1.165, 1.54) is 5.56 Å². The van der Waals surface area contributed by atoms with E-state index in [9.17, 15) is 25.2 Å². The molecule has 2 aromatic carbocycles. The Balaban J connectivity index is 1.77. The SMILES string of the molecule is CCc1ccc(Cc2ccc(CO)cc2O[C@@H]2O[C@H](COC(=O)OC(C)C)[C@@H](O)[C@H](O)[C@H]2O)cc1. The number of carbonyl (C=O) groups is 1. The first-order chi connectivity index (χ1) is 16.7. The fraction of sp³-hybridized carbons (Fsp3) is 0.500. The van der Waals surface area contributed by atoms with Gasteiger partial charge in [0.05, 0.1) is 12.7 Å². The van der Waals surface area contributed by atoms with Crippen LogP contribution >= 0.6 is 0 Å². The van der Waals surface area contributed by atoms with E-state index < -0.39 is 49.6 Å². The maximum Gasteiger partial charge on any atom is 0.508 e. The monoisotopic (exact) mass is 490 g/mol. The van der Waals surface area contributed by atoms with Crippen LogP contribution in [0, 0.1) is 0 Å². The number of ether oxygens (including phenoxy) is 4. The molecule has 0 amide bonds. The van der Waals surface area contributed by atoms with Gasteiger partial charge in [0.1, 0.15) is 36.8 Å². The van der Waals surface area contributed by atoms with Gasteiger partial charge in [0.2, 0.25) is 6.29 Å². The Morgan fingerprint density at radius 2 is 1.63 bits per heavy atom. The smallest absolute Gasteiger partial charge is 0.462 e. The first kappa shape index (κ1) is 26.9. The predicted molar refractivity (Wildman–Crippen MR) is 126 cm³/mol. The van der Waals surface area contributed by atoms with Gasteiger partial charge in [0.15, 0.2) is 0 Å². The van der Waals surface area contributed by atoms with E-state index in [1.807, 2.05) is 18.2 Å². The quantitative estimate of drug-likeness (QED) is 0.390. The molecule has 1 fully saturated rings. The predicted octanol–water partition coefficient (Wildman–Crippen LogP) is 2.08. The zero-order chi connectivity index (χ0) is 25.5. The Morgan fingerprint density at radius 3 is 2.26 bits per heavy atom. The summed E-state index contributed by atoms with van der Waals surface area (Å²) >= 11 is 0. The molecule has 35 heavy (non-hydrogen) atoms. The van der Waals surface area contributed by atoms with Crippen LogP contribution in [0.25, 0.3) is 0 Å². The highest BCUT2D eigenvalue weighted by molar-refractivity contribution is 5.60. The Morgan fingerprint density at radius 1 is 0.971 bits per heavy atom. The first-order valence-electron chi connectivity index (χ1n) is 11.7. The van der Waals surface area contributed by atoms with Crippen LogP contribution in [0.5, 0.6) is 5.75 Å². The van der Waals surface area contributed by atoms with Gasteiger partial charge in [-0.1, -0.05) is 43.3 Å². The van der Waals surface area contributed by atoms with Gasteiger partial charge in [0, 0.05) is 6.42 Å². The Hall–Kier alpha value is -2.69. The van der Waals surface area contributed by atoms with Crippen molar-refractivity contribution in [2.24, 2.45) is 0 Å². The highest BCUT2D eigenvalue weighted by Crippen LogP contribution is 2.29. The van der Waals surface area contributed by atoms with E-state index in [-0.39, 0.29) is 6.61 Å². The lowest BCUT2D eigenvalue weighted by molar-refractivity contribution is -0.278. The van der Waals surface area contributed by atoms with Crippen molar-refractivity contribution in [2.75, 3.05) is 6.61 Å². The number of benzene rings is 2. The van der Waals surface area contributed by atoms with Crippen molar-refractivity contribution >= 4 is 6.16 Å². The number of hydrogen-bond acceptors (Lipinski definition) is 9. The molecule has 1 heterocycles. The molecule has 192 valence electrons. The summed E-state index contributed by atoms with van der Waals surface area (Å²) in [4.78, 5) is 11.7. The molecular weight excluding hydrogens is 456 g/mol. The van der Waals surface area contributed by atoms with Crippen LogP contribution in [0.1, 0.15) is 43.0 Å². The number of carbonyl (C=O) groups excluding carboxylic acids is 1. The average molecular weight is 491 g/mol. The summed E-state index contributed by atoms with van der Waals surface area (Å²) in [7, 11) is 0. The number of hydrogen-bond donors (Lipinski definition) is 4. The molecule has 0 unspecified atom stereocenters. The third-order valence-corrected chi connectivity index (χ3v) is 5.75. The van der Waals surface area contributed by atoms with E-state index in [2.05, 4.69) is 19.1 Å². The molecule has 9 nitrogen and oxygen atoms in total. The summed E-state index contributed by atoms with van der Waals surface area (Å²) in [6, 6.07) is 13.4. The highest BCUT2D eigenvalue weighted by Gasteiger charge is 2.45. The molecule has 0 bridgehead atoms. The van der Waals surface area contributed by atoms with Crippen molar-refractivity contribution in [1.29, 1.82) is 0 Å². The summed E-state index contributed by atoms with van der Waals surface area (Å²) in [5.74, 6) is 0.350. The van der Waals surface area contributed by atoms with Crippen LogP contribution in [0.4, 0.5) is 4.79 Å². The molecule has 0 radical (unpaired) electrons. The van der Waals surface area contributed by atoms with Crippen molar-refractivity contribution in [3.8, 4) is 5.75 Å². The lowest BCUT2D eigenvalue weighted by Gasteiger charge is -2.40. The minimum atomic E-state index is -1.60. The number of aliphatic hydroxyl groups is 4. The molecule has 4 N–H and O–H groups in total. The minimum Gasteiger partial charge on any atom is -0.462 e. The van der Waals surface area contributed by atoms with Crippen molar-refractivity contribution in [3.05, 3.63) is 64.7 Å². The molecule has 0 aliphatic carbocycles. The lowest BCUT2D eigenvalue weighted by Crippen LogP contribution is -2.60. The average Bonchev–Trinajstić information content (AvgIpc) is 2.84. The number of aryl methyl sites for hydroxylation is 1. The Kier molecular flexibility index (Phi) is 9.47. The fourth-order valence-electron chi connectivity index (χ4n) is 3.72. The van der Waals surface area contributed by atoms with Crippen LogP contribution in [0.2, 0.25) is 0 Å². The molecule has 5 atom stereocenters. The lowest BCUT2D eigenvalue weighted by atomic mass is 9.98. The molecule has 1 aliphatic rings. The molecule has 2 aromatic rings. The summed E-state index contributed by atoms with van der Waals surface area (Å²) in [5.41, 5.74) is 3.63. The maximum absolute atomic E-state index is 11.7. The Labute approximate surface area is 204 Å². The van der Waals surface area contributed by atoms with Crippen LogP contribution in [0.3, 0.4) is 0 Å². The molecule has 3 rings (SSSR count). The van der Waals surface area contributed by atoms with E-state index in [0.29, 0.717) is 17.7 Å². The molecular formula is C26H34O9. The summed E-state index contributed by atoms with van der Waals surface area (Å²) in [6.07, 6.45) is -7.09. The second-order valence-corrected chi connectivity index (χ2v) is 8.81. The van der Waals surface area contributed by atoms with Gasteiger partial charge < -0.3 is 39.4 Å². The van der Waals surface area contributed by atoms with E-state index in [0.717, 1.165) is 17.5 Å². The van der Waals surface area contributed by atoms with Gasteiger partial charge in [-0.3, -0.25) is 0 Å². The van der Waals surface area contributed by atoms with E-state index in [4.69, 9.17) is 18.9 Å². The van der Waals surface area contributed by atoms with Gasteiger partial charge in [-0.15, -0.1) is 0 Å². The van der Waals surface area contributed by atoms with Crippen molar-refractivity contribution in [2.45, 2.75) is 77.0 Å². The van der Waals surface area contributed by atoms with Gasteiger partial charge in [0.25, 0.3) is 0 Å². The third-order valence-electron chi connectivity index (χ3n) is 5.75. The summed E-state index contributed by atoms with van der Waals surface area (Å²) < 4.78 is 21.5. The number of aliphatic hydroxyl groups excluding tert-OH is 4. The Bertz CT molecular complexity index is 960. The standard InChI is InChI=1S/C26H34O9/c1-4-16-5-7-17(8-6-16)11-19-10-9-18(13-27)12-20(19)34-25-24(30)23(29)22(28)21(35-25)14-32-26(31)33-15(2)3/h5-10,12,15,21-25,27-30H,4,11,13-14H2,1-3H3/t21-,22-,23+,24-,25-/m1/s1. The molecule has 0 saturated carbocycles. The highest BCUT2D eigenvalue weighted by atomic mass is 16.7. The van der Waals surface area contributed by atoms with Gasteiger partial charge in [-0.2, -0.15) is 0 Å². The zero-order valence-electron chi connectivity index (χ0n) is 20.2.